The highest BCUT2D eigenvalue weighted by Crippen LogP contribution is 2.45. The van der Waals surface area contributed by atoms with Crippen molar-refractivity contribution in [2.45, 2.75) is 18.8 Å². The van der Waals surface area contributed by atoms with Crippen molar-refractivity contribution in [1.82, 2.24) is 10.6 Å². The lowest BCUT2D eigenvalue weighted by atomic mass is 9.69. The fourth-order valence-electron chi connectivity index (χ4n) is 3.44. The van der Waals surface area contributed by atoms with Crippen LogP contribution in [0.3, 0.4) is 0 Å². The largest absolute Gasteiger partial charge is 0.497 e. The van der Waals surface area contributed by atoms with Crippen LogP contribution in [0, 0.1) is 5.41 Å². The van der Waals surface area contributed by atoms with Gasteiger partial charge >= 0.3 is 0 Å². The van der Waals surface area contributed by atoms with Crippen molar-refractivity contribution < 1.29 is 9.53 Å². The van der Waals surface area contributed by atoms with Crippen molar-refractivity contribution in [3.63, 3.8) is 0 Å². The number of rotatable bonds is 2. The Morgan fingerprint density at radius 1 is 1.42 bits per heavy atom. The second kappa shape index (κ2) is 4.85. The monoisotopic (exact) mass is 260 g/mol. The molecule has 0 bridgehead atoms. The maximum atomic E-state index is 12.3. The van der Waals surface area contributed by atoms with Gasteiger partial charge in [0.2, 0.25) is 5.91 Å². The predicted molar refractivity (Wildman–Crippen MR) is 73.3 cm³/mol. The molecule has 2 aliphatic rings. The topological polar surface area (TPSA) is 50.4 Å². The van der Waals surface area contributed by atoms with Gasteiger partial charge in [0.05, 0.1) is 12.5 Å². The third-order valence-corrected chi connectivity index (χ3v) is 4.50. The van der Waals surface area contributed by atoms with Crippen molar-refractivity contribution in [1.29, 1.82) is 0 Å². The number of benzene rings is 1. The highest BCUT2D eigenvalue weighted by molar-refractivity contribution is 5.87. The Morgan fingerprint density at radius 3 is 3.05 bits per heavy atom. The van der Waals surface area contributed by atoms with E-state index in [1.807, 2.05) is 12.1 Å². The van der Waals surface area contributed by atoms with Gasteiger partial charge < -0.3 is 15.4 Å². The molecule has 2 fully saturated rings. The first-order valence-electron chi connectivity index (χ1n) is 6.89. The van der Waals surface area contributed by atoms with E-state index in [2.05, 4.69) is 22.8 Å². The predicted octanol–water partition coefficient (Wildman–Crippen LogP) is 1.28. The van der Waals surface area contributed by atoms with Crippen molar-refractivity contribution in [3.05, 3.63) is 29.8 Å². The molecular formula is C15H20N2O2. The van der Waals surface area contributed by atoms with Crippen LogP contribution in [-0.2, 0) is 4.79 Å². The molecule has 1 spiro atoms. The van der Waals surface area contributed by atoms with Crippen LogP contribution in [-0.4, -0.2) is 32.7 Å². The van der Waals surface area contributed by atoms with Gasteiger partial charge in [-0.1, -0.05) is 12.1 Å². The minimum absolute atomic E-state index is 0.201. The first kappa shape index (κ1) is 12.5. The summed E-state index contributed by atoms with van der Waals surface area (Å²) in [6.07, 6.45) is 2.03. The molecule has 1 aromatic rings. The van der Waals surface area contributed by atoms with Crippen LogP contribution in [0.15, 0.2) is 24.3 Å². The van der Waals surface area contributed by atoms with E-state index in [0.717, 1.165) is 38.2 Å². The molecular weight excluding hydrogens is 240 g/mol. The van der Waals surface area contributed by atoms with Crippen LogP contribution >= 0.6 is 0 Å². The molecule has 1 aromatic carbocycles. The summed E-state index contributed by atoms with van der Waals surface area (Å²) in [4.78, 5) is 12.3. The molecule has 102 valence electrons. The minimum Gasteiger partial charge on any atom is -0.497 e. The number of amides is 1. The number of carbonyl (C=O) groups excluding carboxylic acids is 1. The average Bonchev–Trinajstić information content (AvgIpc) is 2.77. The SMILES string of the molecule is COc1cccc(C2CNC(=O)C23CCCNC3)c1. The molecule has 2 unspecified atom stereocenters. The second-order valence-corrected chi connectivity index (χ2v) is 5.48. The van der Waals surface area contributed by atoms with E-state index in [-0.39, 0.29) is 17.2 Å². The zero-order valence-electron chi connectivity index (χ0n) is 11.2. The normalized spacial score (nSPS) is 30.4. The zero-order valence-corrected chi connectivity index (χ0v) is 11.2. The molecule has 3 rings (SSSR count). The first-order valence-corrected chi connectivity index (χ1v) is 6.89. The maximum absolute atomic E-state index is 12.3. The van der Waals surface area contributed by atoms with Crippen molar-refractivity contribution in [2.24, 2.45) is 5.41 Å². The number of piperidine rings is 1. The zero-order chi connectivity index (χ0) is 13.3. The standard InChI is InChI=1S/C15H20N2O2/c1-19-12-5-2-4-11(8-12)13-9-17-14(18)15(13)6-3-7-16-10-15/h2,4-5,8,13,16H,3,6-7,9-10H2,1H3,(H,17,18). The van der Waals surface area contributed by atoms with Crippen LogP contribution in [0.5, 0.6) is 5.75 Å². The van der Waals surface area contributed by atoms with E-state index in [1.54, 1.807) is 7.11 Å². The quantitative estimate of drug-likeness (QED) is 0.842. The molecule has 4 heteroatoms. The van der Waals surface area contributed by atoms with Gasteiger partial charge in [0.1, 0.15) is 5.75 Å². The van der Waals surface area contributed by atoms with Crippen LogP contribution in [0.25, 0.3) is 0 Å². The van der Waals surface area contributed by atoms with Gasteiger partial charge in [0, 0.05) is 19.0 Å². The number of methoxy groups -OCH3 is 1. The van der Waals surface area contributed by atoms with Gasteiger partial charge in [0.25, 0.3) is 0 Å². The Balaban J connectivity index is 1.96. The Kier molecular flexibility index (Phi) is 3.19. The number of carbonyl (C=O) groups is 1. The molecule has 0 saturated carbocycles. The number of hydrogen-bond acceptors (Lipinski definition) is 3. The summed E-state index contributed by atoms with van der Waals surface area (Å²) >= 11 is 0. The van der Waals surface area contributed by atoms with Crippen molar-refractivity contribution in [3.8, 4) is 5.75 Å². The van der Waals surface area contributed by atoms with Gasteiger partial charge in [-0.3, -0.25) is 4.79 Å². The highest BCUT2D eigenvalue weighted by atomic mass is 16.5. The second-order valence-electron chi connectivity index (χ2n) is 5.48. The van der Waals surface area contributed by atoms with Gasteiger partial charge in [-0.2, -0.15) is 0 Å². The Morgan fingerprint density at radius 2 is 2.32 bits per heavy atom. The maximum Gasteiger partial charge on any atom is 0.228 e. The molecule has 0 aromatic heterocycles. The first-order chi connectivity index (χ1) is 9.26. The summed E-state index contributed by atoms with van der Waals surface area (Å²) in [7, 11) is 1.68. The van der Waals surface area contributed by atoms with Crippen LogP contribution in [0.4, 0.5) is 0 Å². The summed E-state index contributed by atoms with van der Waals surface area (Å²) in [5.41, 5.74) is 0.923. The van der Waals surface area contributed by atoms with Gasteiger partial charge in [0.15, 0.2) is 0 Å². The Labute approximate surface area is 113 Å². The number of nitrogens with one attached hydrogen (secondary N) is 2. The molecule has 2 atom stereocenters. The minimum atomic E-state index is -0.273. The third-order valence-electron chi connectivity index (χ3n) is 4.50. The third kappa shape index (κ3) is 2.00. The smallest absolute Gasteiger partial charge is 0.228 e. The van der Waals surface area contributed by atoms with Crippen LogP contribution < -0.4 is 15.4 Å². The average molecular weight is 260 g/mol. The molecule has 0 radical (unpaired) electrons. The summed E-state index contributed by atoms with van der Waals surface area (Å²) in [6, 6.07) is 8.10. The van der Waals surface area contributed by atoms with E-state index in [9.17, 15) is 4.79 Å². The van der Waals surface area contributed by atoms with Gasteiger partial charge in [-0.25, -0.2) is 0 Å². The lowest BCUT2D eigenvalue weighted by Gasteiger charge is -2.36. The summed E-state index contributed by atoms with van der Waals surface area (Å²) in [6.45, 7) is 2.52. The molecule has 2 aliphatic heterocycles. The molecule has 0 aliphatic carbocycles. The van der Waals surface area contributed by atoms with Crippen LogP contribution in [0.2, 0.25) is 0 Å². The number of ether oxygens (including phenoxy) is 1. The molecule has 2 saturated heterocycles. The summed E-state index contributed by atoms with van der Waals surface area (Å²) < 4.78 is 5.30. The summed E-state index contributed by atoms with van der Waals surface area (Å²) in [5, 5.41) is 6.43. The fourth-order valence-corrected chi connectivity index (χ4v) is 3.44. The molecule has 2 heterocycles. The van der Waals surface area contributed by atoms with E-state index in [1.165, 1.54) is 5.56 Å². The van der Waals surface area contributed by atoms with E-state index < -0.39 is 0 Å². The summed E-state index contributed by atoms with van der Waals surface area (Å²) in [5.74, 6) is 1.30. The van der Waals surface area contributed by atoms with Gasteiger partial charge in [-0.15, -0.1) is 0 Å². The highest BCUT2D eigenvalue weighted by Gasteiger charge is 2.51. The lowest BCUT2D eigenvalue weighted by Crippen LogP contribution is -2.47. The lowest BCUT2D eigenvalue weighted by molar-refractivity contribution is -0.129. The fraction of sp³-hybridized carbons (Fsp3) is 0.533. The van der Waals surface area contributed by atoms with E-state index in [0.29, 0.717) is 0 Å². The van der Waals surface area contributed by atoms with Gasteiger partial charge in [-0.05, 0) is 37.1 Å². The Hall–Kier alpha value is -1.55. The molecule has 2 N–H and O–H groups in total. The van der Waals surface area contributed by atoms with E-state index >= 15 is 0 Å². The molecule has 19 heavy (non-hydrogen) atoms. The van der Waals surface area contributed by atoms with Crippen LogP contribution in [0.1, 0.15) is 24.3 Å². The molecule has 4 nitrogen and oxygen atoms in total. The Bertz CT molecular complexity index is 481. The van der Waals surface area contributed by atoms with Crippen molar-refractivity contribution in [2.75, 3.05) is 26.7 Å². The van der Waals surface area contributed by atoms with Crippen molar-refractivity contribution >= 4 is 5.91 Å². The molecule has 1 amide bonds. The van der Waals surface area contributed by atoms with E-state index in [4.69, 9.17) is 4.74 Å². The number of hydrogen-bond donors (Lipinski definition) is 2.